The van der Waals surface area contributed by atoms with Crippen LogP contribution in [0.4, 0.5) is 0 Å². The fraction of sp³-hybridized carbons (Fsp3) is 0.375. The molecule has 0 aliphatic carbocycles. The molecule has 0 heterocycles. The third-order valence-corrected chi connectivity index (χ3v) is 10.5. The van der Waals surface area contributed by atoms with Crippen molar-refractivity contribution in [3.63, 3.8) is 0 Å². The van der Waals surface area contributed by atoms with Crippen molar-refractivity contribution in [2.45, 2.75) is 97.8 Å². The fourth-order valence-electron chi connectivity index (χ4n) is 5.75. The number of ketones is 2. The van der Waals surface area contributed by atoms with Gasteiger partial charge in [-0.15, -0.1) is 0 Å². The Labute approximate surface area is 377 Å². The summed E-state index contributed by atoms with van der Waals surface area (Å²) in [6.45, 7) is 12.9. The van der Waals surface area contributed by atoms with Crippen LogP contribution in [0.3, 0.4) is 0 Å². The molecule has 12 heteroatoms. The van der Waals surface area contributed by atoms with E-state index in [0.29, 0.717) is 83.7 Å². The van der Waals surface area contributed by atoms with Gasteiger partial charge in [-0.3, -0.25) is 19.2 Å². The summed E-state index contributed by atoms with van der Waals surface area (Å²) in [5.74, 6) is 0.841. The van der Waals surface area contributed by atoms with Crippen LogP contribution in [0.2, 0.25) is 20.1 Å². The fourth-order valence-corrected chi connectivity index (χ4v) is 6.40. The van der Waals surface area contributed by atoms with Crippen molar-refractivity contribution in [2.75, 3.05) is 6.54 Å². The minimum absolute atomic E-state index is 0.0773. The highest BCUT2D eigenvalue weighted by Gasteiger charge is 2.20. The highest BCUT2D eigenvalue weighted by Crippen LogP contribution is 2.23. The van der Waals surface area contributed by atoms with Gasteiger partial charge in [0.25, 0.3) is 0 Å². The van der Waals surface area contributed by atoms with Gasteiger partial charge < -0.3 is 21.7 Å². The Morgan fingerprint density at radius 2 is 1.07 bits per heavy atom. The lowest BCUT2D eigenvalue weighted by atomic mass is 10.0. The van der Waals surface area contributed by atoms with E-state index < -0.39 is 6.04 Å². The number of allylic oxidation sites excluding steroid dienone is 1. The number of hydrogen-bond acceptors (Lipinski definition) is 6. The second-order valence-electron chi connectivity index (χ2n) is 15.2. The molecule has 0 spiro atoms. The monoisotopic (exact) mass is 896 g/mol. The van der Waals surface area contributed by atoms with E-state index in [0.717, 1.165) is 29.5 Å². The SMILES string of the molecule is C=CC(=O)CCc1ccccc1.CC(C)C[C@@H](N)C(=O)NCc1ccc(Cl)c(Cl)c1.CC(C)C[C@@H](NCCC(=O)CCc1ccccc1)C(=O)NCc1ccc(Cl)c(Cl)c1. The van der Waals surface area contributed by atoms with Gasteiger partial charge in [0, 0.05) is 38.9 Å². The number of amides is 2. The molecule has 0 bridgehead atoms. The first kappa shape index (κ1) is 52.1. The van der Waals surface area contributed by atoms with E-state index in [2.05, 4.69) is 36.4 Å². The van der Waals surface area contributed by atoms with Crippen molar-refractivity contribution in [1.29, 1.82) is 0 Å². The van der Waals surface area contributed by atoms with Crippen LogP contribution >= 0.6 is 46.4 Å². The molecular weight excluding hydrogens is 838 g/mol. The van der Waals surface area contributed by atoms with Gasteiger partial charge in [0.1, 0.15) is 5.78 Å². The van der Waals surface area contributed by atoms with Gasteiger partial charge in [-0.25, -0.2) is 0 Å². The van der Waals surface area contributed by atoms with Gasteiger partial charge in [0.05, 0.1) is 32.2 Å². The molecule has 0 saturated heterocycles. The Bertz CT molecular complexity index is 1930. The second-order valence-corrected chi connectivity index (χ2v) is 16.9. The van der Waals surface area contributed by atoms with Crippen LogP contribution in [0.15, 0.2) is 110 Å². The van der Waals surface area contributed by atoms with Crippen LogP contribution < -0.4 is 21.7 Å². The number of aryl methyl sites for hydroxylation is 2. The largest absolute Gasteiger partial charge is 0.351 e. The maximum atomic E-state index is 12.7. The normalized spacial score (nSPS) is 11.7. The summed E-state index contributed by atoms with van der Waals surface area (Å²) in [5.41, 5.74) is 9.93. The van der Waals surface area contributed by atoms with E-state index in [1.54, 1.807) is 24.3 Å². The molecule has 2 atom stereocenters. The average Bonchev–Trinajstić information content (AvgIpc) is 3.23. The average molecular weight is 899 g/mol. The van der Waals surface area contributed by atoms with Gasteiger partial charge in [0.15, 0.2) is 5.78 Å². The standard InChI is InChI=1S/C24H30Cl2N2O2.C13H18Cl2N2O.C11H12O/c1-17(2)14-23(24(30)28-16-19-9-11-21(25)22(26)15-19)27-13-12-20(29)10-8-18-6-4-3-5-7-18;1-8(2)5-12(16)13(18)17-7-9-3-4-10(14)11(15)6-9;1-2-11(12)9-8-10-6-4-3-5-7-10/h3-7,9,11,15,17,23,27H,8,10,12-14,16H2,1-2H3,(H,28,30);3-4,6,8,12H,5,7,16H2,1-2H3,(H,17,18);2-7H,1,8-9H2/t23-;12-;/m11./s1. The molecule has 60 heavy (non-hydrogen) atoms. The van der Waals surface area contributed by atoms with E-state index in [-0.39, 0.29) is 29.4 Å². The maximum absolute atomic E-state index is 12.7. The highest BCUT2D eigenvalue weighted by atomic mass is 35.5. The molecule has 0 radical (unpaired) electrons. The molecule has 324 valence electrons. The minimum Gasteiger partial charge on any atom is -0.351 e. The predicted molar refractivity (Wildman–Crippen MR) is 250 cm³/mol. The quantitative estimate of drug-likeness (QED) is 0.0616. The number of halogens is 4. The van der Waals surface area contributed by atoms with E-state index in [1.165, 1.54) is 11.6 Å². The van der Waals surface area contributed by atoms with Gasteiger partial charge in [-0.05, 0) is 90.1 Å². The van der Waals surface area contributed by atoms with Gasteiger partial charge in [-0.1, -0.05) is 153 Å². The molecule has 0 aromatic heterocycles. The molecule has 2 amide bonds. The van der Waals surface area contributed by atoms with Crippen LogP contribution in [-0.4, -0.2) is 42.0 Å². The lowest BCUT2D eigenvalue weighted by Gasteiger charge is -2.20. The van der Waals surface area contributed by atoms with Crippen LogP contribution in [0.25, 0.3) is 0 Å². The molecule has 4 rings (SSSR count). The summed E-state index contributed by atoms with van der Waals surface area (Å²) in [5, 5.41) is 10.9. The number of Topliss-reactive ketones (excluding diaryl/α,β-unsaturated/α-hetero) is 1. The van der Waals surface area contributed by atoms with Crippen molar-refractivity contribution < 1.29 is 19.2 Å². The van der Waals surface area contributed by atoms with E-state index in [1.807, 2.05) is 86.6 Å². The molecule has 0 unspecified atom stereocenters. The van der Waals surface area contributed by atoms with Crippen LogP contribution in [-0.2, 0) is 45.1 Å². The summed E-state index contributed by atoms with van der Waals surface area (Å²) in [6, 6.07) is 29.7. The van der Waals surface area contributed by atoms with Gasteiger partial charge in [0.2, 0.25) is 11.8 Å². The zero-order chi connectivity index (χ0) is 44.5. The number of hydrogen-bond donors (Lipinski definition) is 4. The molecule has 0 fully saturated rings. The lowest BCUT2D eigenvalue weighted by Crippen LogP contribution is -2.45. The molecule has 4 aromatic carbocycles. The second kappa shape index (κ2) is 29.3. The van der Waals surface area contributed by atoms with Gasteiger partial charge >= 0.3 is 0 Å². The topological polar surface area (TPSA) is 130 Å². The molecule has 8 nitrogen and oxygen atoms in total. The summed E-state index contributed by atoms with van der Waals surface area (Å²) in [6.07, 6.45) is 5.81. The Kier molecular flexibility index (Phi) is 25.4. The number of nitrogens with two attached hydrogens (primary N) is 1. The molecule has 0 saturated carbocycles. The minimum atomic E-state index is -0.465. The van der Waals surface area contributed by atoms with Crippen molar-refractivity contribution in [3.8, 4) is 0 Å². The van der Waals surface area contributed by atoms with Crippen molar-refractivity contribution in [3.05, 3.63) is 152 Å². The highest BCUT2D eigenvalue weighted by molar-refractivity contribution is 6.42. The molecule has 4 aromatic rings. The molecule has 0 aliphatic heterocycles. The zero-order valence-electron chi connectivity index (χ0n) is 35.1. The number of nitrogens with one attached hydrogen (secondary N) is 3. The summed E-state index contributed by atoms with van der Waals surface area (Å²) < 4.78 is 0. The van der Waals surface area contributed by atoms with Crippen LogP contribution in [0, 0.1) is 11.8 Å². The summed E-state index contributed by atoms with van der Waals surface area (Å²) in [7, 11) is 0. The first-order valence-corrected chi connectivity index (χ1v) is 21.8. The Hall–Kier alpha value is -4.02. The van der Waals surface area contributed by atoms with Crippen molar-refractivity contribution in [2.24, 2.45) is 17.6 Å². The van der Waals surface area contributed by atoms with Gasteiger partial charge in [-0.2, -0.15) is 0 Å². The Balaban J connectivity index is 0.000000348. The Morgan fingerprint density at radius 3 is 1.52 bits per heavy atom. The van der Waals surface area contributed by atoms with Crippen LogP contribution in [0.5, 0.6) is 0 Å². The summed E-state index contributed by atoms with van der Waals surface area (Å²) >= 11 is 23.7. The maximum Gasteiger partial charge on any atom is 0.237 e. The number of carbonyl (C=O) groups is 4. The van der Waals surface area contributed by atoms with E-state index >= 15 is 0 Å². The van der Waals surface area contributed by atoms with Crippen molar-refractivity contribution >= 4 is 69.8 Å². The number of rotatable bonds is 21. The molecule has 5 N–H and O–H groups in total. The van der Waals surface area contributed by atoms with Crippen molar-refractivity contribution in [1.82, 2.24) is 16.0 Å². The smallest absolute Gasteiger partial charge is 0.237 e. The third kappa shape index (κ3) is 22.5. The molecular formula is C48H60Cl4N4O4. The number of carbonyl (C=O) groups excluding carboxylic acids is 4. The van der Waals surface area contributed by atoms with E-state index in [9.17, 15) is 19.2 Å². The van der Waals surface area contributed by atoms with E-state index in [4.69, 9.17) is 52.1 Å². The molecule has 0 aliphatic rings. The predicted octanol–water partition coefficient (Wildman–Crippen LogP) is 10.6. The zero-order valence-corrected chi connectivity index (χ0v) is 38.1. The summed E-state index contributed by atoms with van der Waals surface area (Å²) in [4.78, 5) is 47.4. The number of benzene rings is 4. The Morgan fingerprint density at radius 1 is 0.600 bits per heavy atom. The van der Waals surface area contributed by atoms with Crippen LogP contribution in [0.1, 0.15) is 82.1 Å². The third-order valence-electron chi connectivity index (χ3n) is 9.05. The lowest BCUT2D eigenvalue weighted by molar-refractivity contribution is -0.124. The first-order valence-electron chi connectivity index (χ1n) is 20.2. The first-order chi connectivity index (χ1) is 28.6.